The van der Waals surface area contributed by atoms with Crippen molar-refractivity contribution in [2.45, 2.75) is 77.7 Å². The molecule has 0 amide bonds. The third-order valence-corrected chi connectivity index (χ3v) is 9.35. The number of ketones is 1. The largest absolute Gasteiger partial charge is 0.391 e. The first-order valence-electron chi connectivity index (χ1n) is 11.6. The quantitative estimate of drug-likeness (QED) is 0.654. The van der Waals surface area contributed by atoms with Crippen LogP contribution in [0, 0.1) is 28.6 Å². The minimum Gasteiger partial charge on any atom is -0.391 e. The molecular formula is C24H36N2O2. The van der Waals surface area contributed by atoms with Gasteiger partial charge in [0.1, 0.15) is 11.9 Å². The zero-order valence-corrected chi connectivity index (χ0v) is 17.9. The Morgan fingerprint density at radius 3 is 2.64 bits per heavy atom. The second-order valence-corrected chi connectivity index (χ2v) is 10.8. The molecule has 3 unspecified atom stereocenters. The Balaban J connectivity index is 1.34. The third kappa shape index (κ3) is 2.81. The molecule has 0 aromatic carbocycles. The van der Waals surface area contributed by atoms with Gasteiger partial charge in [0.05, 0.1) is 5.71 Å². The van der Waals surface area contributed by atoms with Crippen LogP contribution < -0.4 is 0 Å². The number of likely N-dealkylation sites (tertiary alicyclic amines) is 1. The summed E-state index contributed by atoms with van der Waals surface area (Å²) in [5, 5.41) is 4.57. The average Bonchev–Trinajstić information content (AvgIpc) is 3.23. The number of allylic oxidation sites excluding steroid dienone is 2. The van der Waals surface area contributed by atoms with E-state index in [1.54, 1.807) is 5.57 Å². The zero-order chi connectivity index (χ0) is 19.5. The number of carbonyl (C=O) groups is 1. The molecule has 5 aliphatic rings. The smallest absolute Gasteiger partial charge is 0.141 e. The molecular weight excluding hydrogens is 348 g/mol. The lowest BCUT2D eigenvalue weighted by Gasteiger charge is -2.57. The SMILES string of the molecule is CN1CC[C@H](O/N=C2\C=C3CCC4C5CCC(=O)[C@@]5(C)CCC4[C@]3(C)CC2)C1. The number of rotatable bonds is 2. The van der Waals surface area contributed by atoms with E-state index >= 15 is 0 Å². The van der Waals surface area contributed by atoms with Gasteiger partial charge in [-0.25, -0.2) is 0 Å². The summed E-state index contributed by atoms with van der Waals surface area (Å²) in [5.74, 6) is 2.68. The molecule has 0 aromatic heterocycles. The molecule has 1 saturated heterocycles. The highest BCUT2D eigenvalue weighted by molar-refractivity contribution is 5.96. The van der Waals surface area contributed by atoms with Crippen LogP contribution in [-0.4, -0.2) is 42.6 Å². The van der Waals surface area contributed by atoms with E-state index in [0.29, 0.717) is 17.1 Å². The third-order valence-electron chi connectivity index (χ3n) is 9.35. The van der Waals surface area contributed by atoms with Gasteiger partial charge in [0.2, 0.25) is 0 Å². The van der Waals surface area contributed by atoms with Crippen molar-refractivity contribution < 1.29 is 9.63 Å². The highest BCUT2D eigenvalue weighted by Crippen LogP contribution is 2.64. The van der Waals surface area contributed by atoms with Crippen molar-refractivity contribution in [1.29, 1.82) is 0 Å². The average molecular weight is 385 g/mol. The van der Waals surface area contributed by atoms with E-state index in [4.69, 9.17) is 4.84 Å². The number of fused-ring (bicyclic) bond motifs is 5. The molecule has 0 bridgehead atoms. The summed E-state index contributed by atoms with van der Waals surface area (Å²) in [6, 6.07) is 0. The van der Waals surface area contributed by atoms with Crippen molar-refractivity contribution in [3.8, 4) is 0 Å². The number of carbonyl (C=O) groups excluding carboxylic acids is 1. The maximum Gasteiger partial charge on any atom is 0.141 e. The van der Waals surface area contributed by atoms with Crippen molar-refractivity contribution in [2.24, 2.45) is 33.7 Å². The zero-order valence-electron chi connectivity index (χ0n) is 17.9. The van der Waals surface area contributed by atoms with Crippen molar-refractivity contribution in [3.63, 3.8) is 0 Å². The highest BCUT2D eigenvalue weighted by atomic mass is 16.6. The Hall–Kier alpha value is -1.16. The molecule has 4 heteroatoms. The number of oxime groups is 1. The predicted octanol–water partition coefficient (Wildman–Crippen LogP) is 4.60. The Kier molecular flexibility index (Phi) is 4.50. The van der Waals surface area contributed by atoms with Crippen LogP contribution in [0.2, 0.25) is 0 Å². The van der Waals surface area contributed by atoms with Gasteiger partial charge in [-0.05, 0) is 81.2 Å². The molecule has 0 N–H and O–H groups in total. The minimum atomic E-state index is -0.0116. The normalized spacial score (nSPS) is 47.5. The van der Waals surface area contributed by atoms with Crippen molar-refractivity contribution >= 4 is 11.5 Å². The van der Waals surface area contributed by atoms with Crippen LogP contribution in [0.25, 0.3) is 0 Å². The lowest BCUT2D eigenvalue weighted by atomic mass is 9.47. The summed E-state index contributed by atoms with van der Waals surface area (Å²) < 4.78 is 0. The van der Waals surface area contributed by atoms with Crippen LogP contribution in [0.4, 0.5) is 0 Å². The van der Waals surface area contributed by atoms with Gasteiger partial charge in [0.25, 0.3) is 0 Å². The summed E-state index contributed by atoms with van der Waals surface area (Å²) in [7, 11) is 2.15. The molecule has 28 heavy (non-hydrogen) atoms. The van der Waals surface area contributed by atoms with Crippen LogP contribution in [0.1, 0.15) is 71.6 Å². The van der Waals surface area contributed by atoms with E-state index in [2.05, 4.69) is 37.0 Å². The maximum absolute atomic E-state index is 12.6. The number of nitrogens with zero attached hydrogens (tertiary/aromatic N) is 2. The summed E-state index contributed by atoms with van der Waals surface area (Å²) in [5.41, 5.74) is 3.06. The number of Topliss-reactive ketones (excluding diaryl/α,β-unsaturated/α-hetero) is 1. The van der Waals surface area contributed by atoms with Crippen molar-refractivity contribution in [3.05, 3.63) is 11.6 Å². The Morgan fingerprint density at radius 2 is 1.86 bits per heavy atom. The van der Waals surface area contributed by atoms with Gasteiger partial charge >= 0.3 is 0 Å². The van der Waals surface area contributed by atoms with Crippen molar-refractivity contribution in [1.82, 2.24) is 4.90 Å². The van der Waals surface area contributed by atoms with Crippen LogP contribution in [-0.2, 0) is 9.63 Å². The molecule has 5 rings (SSSR count). The molecule has 6 atom stereocenters. The number of hydrogen-bond acceptors (Lipinski definition) is 4. The van der Waals surface area contributed by atoms with E-state index in [1.807, 2.05) is 0 Å². The first kappa shape index (κ1) is 18.8. The van der Waals surface area contributed by atoms with E-state index in [0.717, 1.165) is 62.7 Å². The lowest BCUT2D eigenvalue weighted by Crippen LogP contribution is -2.50. The molecule has 4 fully saturated rings. The Morgan fingerprint density at radius 1 is 1.04 bits per heavy atom. The molecule has 0 radical (unpaired) electrons. The molecule has 0 spiro atoms. The maximum atomic E-state index is 12.6. The Bertz CT molecular complexity index is 728. The summed E-state index contributed by atoms with van der Waals surface area (Å²) >= 11 is 0. The van der Waals surface area contributed by atoms with Crippen LogP contribution >= 0.6 is 0 Å². The van der Waals surface area contributed by atoms with Crippen LogP contribution in [0.15, 0.2) is 16.8 Å². The van der Waals surface area contributed by atoms with Crippen LogP contribution in [0.3, 0.4) is 0 Å². The monoisotopic (exact) mass is 384 g/mol. The Labute approximate surface area is 169 Å². The fraction of sp³-hybridized carbons (Fsp3) is 0.833. The molecule has 3 saturated carbocycles. The highest BCUT2D eigenvalue weighted by Gasteiger charge is 2.58. The summed E-state index contributed by atoms with van der Waals surface area (Å²) in [4.78, 5) is 20.8. The predicted molar refractivity (Wildman–Crippen MR) is 111 cm³/mol. The van der Waals surface area contributed by atoms with Crippen molar-refractivity contribution in [2.75, 3.05) is 20.1 Å². The first-order chi connectivity index (χ1) is 13.4. The first-order valence-corrected chi connectivity index (χ1v) is 11.6. The molecule has 4 aliphatic carbocycles. The van der Waals surface area contributed by atoms with Crippen LogP contribution in [0.5, 0.6) is 0 Å². The van der Waals surface area contributed by atoms with E-state index < -0.39 is 0 Å². The van der Waals surface area contributed by atoms with Gasteiger partial charge in [0, 0.05) is 31.3 Å². The van der Waals surface area contributed by atoms with Gasteiger partial charge in [-0.15, -0.1) is 0 Å². The standard InChI is InChI=1S/C24H36N2O2/c1-23-11-8-17(25-28-18-10-13-26(3)15-18)14-16(23)4-5-19-20-6-7-22(27)24(20,2)12-9-21(19)23/h14,18-21H,4-13,15H2,1-3H3/b25-17-/t18-,19?,20?,21?,23+,24-/m0/s1. The fourth-order valence-corrected chi connectivity index (χ4v) is 7.54. The van der Waals surface area contributed by atoms with E-state index in [1.165, 1.54) is 25.7 Å². The molecule has 154 valence electrons. The van der Waals surface area contributed by atoms with Gasteiger partial charge in [-0.3, -0.25) is 4.79 Å². The number of likely N-dealkylation sites (N-methyl/N-ethyl adjacent to an activating group) is 1. The van der Waals surface area contributed by atoms with E-state index in [9.17, 15) is 4.79 Å². The summed E-state index contributed by atoms with van der Waals surface area (Å²) in [6.07, 6.45) is 12.7. The van der Waals surface area contributed by atoms with Gasteiger partial charge < -0.3 is 9.74 Å². The molecule has 4 nitrogen and oxygen atoms in total. The number of hydrogen-bond donors (Lipinski definition) is 0. The minimum absolute atomic E-state index is 0.0116. The molecule has 1 aliphatic heterocycles. The lowest BCUT2D eigenvalue weighted by molar-refractivity contribution is -0.132. The second kappa shape index (κ2) is 6.68. The van der Waals surface area contributed by atoms with Gasteiger partial charge in [-0.2, -0.15) is 0 Å². The molecule has 0 aromatic rings. The topological polar surface area (TPSA) is 41.9 Å². The fourth-order valence-electron chi connectivity index (χ4n) is 7.54. The van der Waals surface area contributed by atoms with Gasteiger partial charge in [0.15, 0.2) is 0 Å². The second-order valence-electron chi connectivity index (χ2n) is 10.8. The molecule has 1 heterocycles. The van der Waals surface area contributed by atoms with E-state index in [-0.39, 0.29) is 11.5 Å². The summed E-state index contributed by atoms with van der Waals surface area (Å²) in [6.45, 7) is 6.90. The van der Waals surface area contributed by atoms with Gasteiger partial charge in [-0.1, -0.05) is 24.6 Å².